The molecule has 2 nitrogen and oxygen atoms in total. The summed E-state index contributed by atoms with van der Waals surface area (Å²) in [6, 6.07) is 6.21. The summed E-state index contributed by atoms with van der Waals surface area (Å²) in [5.74, 6) is 3.71. The van der Waals surface area contributed by atoms with Crippen LogP contribution >= 0.6 is 0 Å². The largest absolute Gasteiger partial charge is 0.493 e. The van der Waals surface area contributed by atoms with E-state index in [1.807, 2.05) is 12.1 Å². The van der Waals surface area contributed by atoms with E-state index in [1.165, 1.54) is 31.2 Å². The molecule has 0 spiro atoms. The van der Waals surface area contributed by atoms with Crippen molar-refractivity contribution in [2.75, 3.05) is 6.61 Å². The lowest BCUT2D eigenvalue weighted by Crippen LogP contribution is -2.18. The number of rotatable bonds is 3. The van der Waals surface area contributed by atoms with Crippen LogP contribution in [0.3, 0.4) is 0 Å². The predicted molar refractivity (Wildman–Crippen MR) is 74.2 cm³/mol. The van der Waals surface area contributed by atoms with Gasteiger partial charge >= 0.3 is 0 Å². The number of hydrogen-bond acceptors (Lipinski definition) is 2. The maximum Gasteiger partial charge on any atom is 0.119 e. The Morgan fingerprint density at radius 1 is 1.16 bits per heavy atom. The van der Waals surface area contributed by atoms with Crippen molar-refractivity contribution in [2.24, 2.45) is 17.8 Å². The van der Waals surface area contributed by atoms with Crippen molar-refractivity contribution < 1.29 is 9.84 Å². The van der Waals surface area contributed by atoms with E-state index in [0.717, 1.165) is 48.5 Å². The first-order valence-corrected chi connectivity index (χ1v) is 7.73. The second-order valence-electron chi connectivity index (χ2n) is 6.66. The third-order valence-electron chi connectivity index (χ3n) is 5.51. The van der Waals surface area contributed by atoms with Crippen molar-refractivity contribution in [2.45, 2.75) is 44.6 Å². The molecule has 0 radical (unpaired) electrons. The predicted octanol–water partition coefficient (Wildman–Crippen LogP) is 3.48. The molecule has 1 aromatic rings. The van der Waals surface area contributed by atoms with Gasteiger partial charge in [-0.15, -0.1) is 0 Å². The molecule has 2 saturated carbocycles. The lowest BCUT2D eigenvalue weighted by atomic mass is 9.89. The van der Waals surface area contributed by atoms with Crippen LogP contribution in [0.1, 0.15) is 49.3 Å². The zero-order valence-corrected chi connectivity index (χ0v) is 11.3. The Hall–Kier alpha value is -1.02. The van der Waals surface area contributed by atoms with Gasteiger partial charge in [0.05, 0.1) is 12.7 Å². The minimum Gasteiger partial charge on any atom is -0.493 e. The second kappa shape index (κ2) is 4.52. The fourth-order valence-corrected chi connectivity index (χ4v) is 4.45. The summed E-state index contributed by atoms with van der Waals surface area (Å²) in [5, 5.41) is 9.81. The Morgan fingerprint density at radius 2 is 2.11 bits per heavy atom. The van der Waals surface area contributed by atoms with E-state index >= 15 is 0 Å². The smallest absolute Gasteiger partial charge is 0.119 e. The summed E-state index contributed by atoms with van der Waals surface area (Å²) in [6.45, 7) is 0.891. The van der Waals surface area contributed by atoms with Gasteiger partial charge in [-0.2, -0.15) is 0 Å². The third-order valence-corrected chi connectivity index (χ3v) is 5.51. The SMILES string of the molecule is OC1CCc2cc(OCC3CC4CCC3C4)ccc21. The van der Waals surface area contributed by atoms with E-state index < -0.39 is 0 Å². The van der Waals surface area contributed by atoms with Gasteiger partial charge in [0.1, 0.15) is 5.75 Å². The maximum atomic E-state index is 9.81. The molecule has 0 aromatic heterocycles. The normalized spacial score (nSPS) is 35.6. The molecule has 4 unspecified atom stereocenters. The molecule has 2 heteroatoms. The molecular weight excluding hydrogens is 236 g/mol. The van der Waals surface area contributed by atoms with E-state index in [9.17, 15) is 5.11 Å². The van der Waals surface area contributed by atoms with Gasteiger partial charge < -0.3 is 9.84 Å². The van der Waals surface area contributed by atoms with Crippen LogP contribution in [0.5, 0.6) is 5.75 Å². The van der Waals surface area contributed by atoms with Crippen molar-refractivity contribution in [3.8, 4) is 5.75 Å². The molecule has 0 aliphatic heterocycles. The zero-order chi connectivity index (χ0) is 12.8. The number of hydrogen-bond donors (Lipinski definition) is 1. The van der Waals surface area contributed by atoms with Gasteiger partial charge in [0.25, 0.3) is 0 Å². The molecule has 1 aromatic carbocycles. The molecule has 19 heavy (non-hydrogen) atoms. The van der Waals surface area contributed by atoms with Crippen LogP contribution < -0.4 is 4.74 Å². The van der Waals surface area contributed by atoms with Gasteiger partial charge in [0.2, 0.25) is 0 Å². The van der Waals surface area contributed by atoms with Gasteiger partial charge in [-0.25, -0.2) is 0 Å². The highest BCUT2D eigenvalue weighted by molar-refractivity contribution is 5.39. The first-order chi connectivity index (χ1) is 9.29. The average molecular weight is 258 g/mol. The molecule has 0 amide bonds. The van der Waals surface area contributed by atoms with Crippen LogP contribution in [-0.2, 0) is 6.42 Å². The number of aliphatic hydroxyl groups excluding tert-OH is 1. The standard InChI is InChI=1S/C17H22O2/c18-17-6-3-13-9-15(4-5-16(13)17)19-10-14-8-11-1-2-12(14)7-11/h4-5,9,11-12,14,17-18H,1-3,6-8,10H2. The van der Waals surface area contributed by atoms with Crippen LogP contribution in [-0.4, -0.2) is 11.7 Å². The molecule has 3 aliphatic carbocycles. The Morgan fingerprint density at radius 3 is 2.89 bits per heavy atom. The molecule has 4 atom stereocenters. The first-order valence-electron chi connectivity index (χ1n) is 7.73. The van der Waals surface area contributed by atoms with Crippen molar-refractivity contribution in [3.05, 3.63) is 29.3 Å². The van der Waals surface area contributed by atoms with E-state index in [0.29, 0.717) is 0 Å². The van der Waals surface area contributed by atoms with Crippen LogP contribution in [0.2, 0.25) is 0 Å². The second-order valence-corrected chi connectivity index (χ2v) is 6.66. The van der Waals surface area contributed by atoms with E-state index in [2.05, 4.69) is 6.07 Å². The summed E-state index contributed by atoms with van der Waals surface area (Å²) in [7, 11) is 0. The highest BCUT2D eigenvalue weighted by Crippen LogP contribution is 2.48. The number of ether oxygens (including phenoxy) is 1. The van der Waals surface area contributed by atoms with E-state index in [1.54, 1.807) is 0 Å². The Balaban J connectivity index is 1.41. The lowest BCUT2D eigenvalue weighted by Gasteiger charge is -2.22. The number of aliphatic hydroxyl groups is 1. The number of aryl methyl sites for hydroxylation is 1. The van der Waals surface area contributed by atoms with E-state index in [4.69, 9.17) is 4.74 Å². The third kappa shape index (κ3) is 2.06. The molecule has 3 aliphatic rings. The molecular formula is C17H22O2. The first kappa shape index (κ1) is 11.8. The van der Waals surface area contributed by atoms with Crippen molar-refractivity contribution in [1.82, 2.24) is 0 Å². The van der Waals surface area contributed by atoms with Crippen molar-refractivity contribution >= 4 is 0 Å². The van der Waals surface area contributed by atoms with Crippen LogP contribution in [0.4, 0.5) is 0 Å². The van der Waals surface area contributed by atoms with Crippen molar-refractivity contribution in [3.63, 3.8) is 0 Å². The minimum absolute atomic E-state index is 0.255. The average Bonchev–Trinajstić information content (AvgIpc) is 3.12. The van der Waals surface area contributed by atoms with Gasteiger partial charge in [-0.3, -0.25) is 0 Å². The van der Waals surface area contributed by atoms with Gasteiger partial charge in [0.15, 0.2) is 0 Å². The van der Waals surface area contributed by atoms with E-state index in [-0.39, 0.29) is 6.10 Å². The fraction of sp³-hybridized carbons (Fsp3) is 0.647. The molecule has 102 valence electrons. The molecule has 0 heterocycles. The topological polar surface area (TPSA) is 29.5 Å². The van der Waals surface area contributed by atoms with Crippen molar-refractivity contribution in [1.29, 1.82) is 0 Å². The molecule has 0 saturated heterocycles. The lowest BCUT2D eigenvalue weighted by molar-refractivity contribution is 0.180. The summed E-state index contributed by atoms with van der Waals surface area (Å²) in [6.07, 6.45) is 7.31. The van der Waals surface area contributed by atoms with Gasteiger partial charge in [0, 0.05) is 0 Å². The van der Waals surface area contributed by atoms with Crippen LogP contribution in [0.25, 0.3) is 0 Å². The molecule has 2 fully saturated rings. The summed E-state index contributed by atoms with van der Waals surface area (Å²) < 4.78 is 6.02. The van der Waals surface area contributed by atoms with Crippen LogP contribution in [0.15, 0.2) is 18.2 Å². The zero-order valence-electron chi connectivity index (χ0n) is 11.3. The summed E-state index contributed by atoms with van der Waals surface area (Å²) in [5.41, 5.74) is 2.38. The Kier molecular flexibility index (Phi) is 2.80. The highest BCUT2D eigenvalue weighted by atomic mass is 16.5. The highest BCUT2D eigenvalue weighted by Gasteiger charge is 2.39. The monoisotopic (exact) mass is 258 g/mol. The quantitative estimate of drug-likeness (QED) is 0.899. The minimum atomic E-state index is -0.255. The Bertz CT molecular complexity index is 482. The van der Waals surface area contributed by atoms with Crippen LogP contribution in [0, 0.1) is 17.8 Å². The Labute approximate surface area is 114 Å². The summed E-state index contributed by atoms with van der Waals surface area (Å²) >= 11 is 0. The maximum absolute atomic E-state index is 9.81. The summed E-state index contributed by atoms with van der Waals surface area (Å²) in [4.78, 5) is 0. The van der Waals surface area contributed by atoms with Gasteiger partial charge in [-0.1, -0.05) is 12.5 Å². The molecule has 2 bridgehead atoms. The number of benzene rings is 1. The molecule has 1 N–H and O–H groups in total. The fourth-order valence-electron chi connectivity index (χ4n) is 4.45. The molecule has 4 rings (SSSR count). The number of fused-ring (bicyclic) bond motifs is 3. The van der Waals surface area contributed by atoms with Gasteiger partial charge in [-0.05, 0) is 73.1 Å².